The summed E-state index contributed by atoms with van der Waals surface area (Å²) in [7, 11) is 0. The van der Waals surface area contributed by atoms with E-state index in [0.29, 0.717) is 15.4 Å². The molecule has 0 fully saturated rings. The number of hydrogen-bond donors (Lipinski definition) is 1. The number of rotatable bonds is 4. The largest absolute Gasteiger partial charge is 0.346 e. The molecule has 0 bridgehead atoms. The molecule has 30 heavy (non-hydrogen) atoms. The van der Waals surface area contributed by atoms with Gasteiger partial charge in [0.25, 0.3) is 5.91 Å². The molecule has 1 amide bonds. The Morgan fingerprint density at radius 1 is 0.867 bits per heavy atom. The van der Waals surface area contributed by atoms with Gasteiger partial charge in [0, 0.05) is 12.2 Å². The first kappa shape index (κ1) is 18.8. The van der Waals surface area contributed by atoms with E-state index in [1.54, 1.807) is 0 Å². The maximum atomic E-state index is 13.6. The Hall–Kier alpha value is -3.22. The molecule has 148 valence electrons. The summed E-state index contributed by atoms with van der Waals surface area (Å²) in [5.41, 5.74) is 3.07. The maximum absolute atomic E-state index is 13.6. The molecule has 1 unspecified atom stereocenters. The zero-order chi connectivity index (χ0) is 20.5. The third kappa shape index (κ3) is 3.34. The highest BCUT2D eigenvalue weighted by Crippen LogP contribution is 2.39. The van der Waals surface area contributed by atoms with Crippen molar-refractivity contribution in [3.8, 4) is 5.69 Å². The summed E-state index contributed by atoms with van der Waals surface area (Å²) in [6.45, 7) is 0.516. The van der Waals surface area contributed by atoms with Crippen molar-refractivity contribution in [1.82, 2.24) is 9.47 Å². The number of hydrogen-bond acceptors (Lipinski definition) is 4. The van der Waals surface area contributed by atoms with Crippen molar-refractivity contribution >= 4 is 35.3 Å². The number of aromatic nitrogens is 1. The minimum atomic E-state index is -0.287. The van der Waals surface area contributed by atoms with Gasteiger partial charge in [0.2, 0.25) is 0 Å². The van der Waals surface area contributed by atoms with Gasteiger partial charge in [-0.1, -0.05) is 90.2 Å². The molecule has 0 radical (unpaired) electrons. The normalized spacial score (nSPS) is 15.5. The Morgan fingerprint density at radius 3 is 2.13 bits per heavy atom. The van der Waals surface area contributed by atoms with Crippen molar-refractivity contribution in [1.29, 1.82) is 0 Å². The van der Waals surface area contributed by atoms with E-state index < -0.39 is 0 Å². The van der Waals surface area contributed by atoms with Crippen LogP contribution in [0.15, 0.2) is 91.0 Å². The molecule has 0 saturated heterocycles. The van der Waals surface area contributed by atoms with Crippen molar-refractivity contribution in [3.05, 3.63) is 111 Å². The predicted molar refractivity (Wildman–Crippen MR) is 124 cm³/mol. The third-order valence-corrected chi connectivity index (χ3v) is 6.54. The number of anilines is 1. The topological polar surface area (TPSA) is 37.3 Å². The number of nitrogens with zero attached hydrogens (tertiary/aromatic N) is 2. The first-order valence-electron chi connectivity index (χ1n) is 9.70. The van der Waals surface area contributed by atoms with Crippen LogP contribution in [0.1, 0.15) is 27.0 Å². The Kier molecular flexibility index (Phi) is 4.94. The molecule has 2 heterocycles. The summed E-state index contributed by atoms with van der Waals surface area (Å²) in [5.74, 6) is 0.756. The van der Waals surface area contributed by atoms with Gasteiger partial charge in [0.05, 0.1) is 0 Å². The highest BCUT2D eigenvalue weighted by Gasteiger charge is 2.36. The first-order chi connectivity index (χ1) is 14.7. The quantitative estimate of drug-likeness (QED) is 0.402. The molecule has 4 aromatic rings. The van der Waals surface area contributed by atoms with Crippen LogP contribution in [0.3, 0.4) is 0 Å². The number of amides is 1. The van der Waals surface area contributed by atoms with Gasteiger partial charge in [0.1, 0.15) is 16.9 Å². The summed E-state index contributed by atoms with van der Waals surface area (Å²) in [6, 6.07) is 30.0. The number of para-hydroxylation sites is 1. The minimum absolute atomic E-state index is 0.00719. The van der Waals surface area contributed by atoms with Crippen molar-refractivity contribution in [2.45, 2.75) is 12.7 Å². The lowest BCUT2D eigenvalue weighted by atomic mass is 10.1. The fourth-order valence-corrected chi connectivity index (χ4v) is 5.12. The van der Waals surface area contributed by atoms with Gasteiger partial charge in [-0.15, -0.1) is 0 Å². The van der Waals surface area contributed by atoms with Crippen LogP contribution in [0.25, 0.3) is 5.69 Å². The zero-order valence-corrected chi connectivity index (χ0v) is 17.7. The molecule has 1 N–H and O–H groups in total. The molecular weight excluding hydrogens is 410 g/mol. The monoisotopic (exact) mass is 429 g/mol. The lowest BCUT2D eigenvalue weighted by Gasteiger charge is -2.37. The van der Waals surface area contributed by atoms with Crippen molar-refractivity contribution < 1.29 is 4.79 Å². The number of nitrogens with one attached hydrogen (secondary N) is 1. The number of benzene rings is 3. The van der Waals surface area contributed by atoms with Crippen LogP contribution in [-0.2, 0) is 6.54 Å². The van der Waals surface area contributed by atoms with Crippen LogP contribution in [-0.4, -0.2) is 15.4 Å². The van der Waals surface area contributed by atoms with E-state index in [0.717, 1.165) is 22.6 Å². The SMILES string of the molecule is O=C1c2sc(=S)n(-c3ccccc3)c2NC(c2ccccc2)N1Cc1ccccc1. The Bertz CT molecular complexity index is 1230. The molecule has 1 aliphatic heterocycles. The molecule has 0 spiro atoms. The molecule has 1 aliphatic rings. The maximum Gasteiger partial charge on any atom is 0.269 e. The highest BCUT2D eigenvalue weighted by molar-refractivity contribution is 7.73. The van der Waals surface area contributed by atoms with E-state index in [1.165, 1.54) is 11.3 Å². The van der Waals surface area contributed by atoms with Gasteiger partial charge in [-0.05, 0) is 35.5 Å². The fourth-order valence-electron chi connectivity index (χ4n) is 3.76. The molecule has 1 aromatic heterocycles. The van der Waals surface area contributed by atoms with E-state index >= 15 is 0 Å². The average molecular weight is 430 g/mol. The second kappa shape index (κ2) is 7.89. The van der Waals surface area contributed by atoms with E-state index in [-0.39, 0.29) is 12.1 Å². The van der Waals surface area contributed by atoms with Crippen LogP contribution in [0.5, 0.6) is 0 Å². The van der Waals surface area contributed by atoms with Crippen molar-refractivity contribution in [2.24, 2.45) is 0 Å². The van der Waals surface area contributed by atoms with Crippen LogP contribution < -0.4 is 5.32 Å². The lowest BCUT2D eigenvalue weighted by Crippen LogP contribution is -2.42. The molecule has 4 nitrogen and oxygen atoms in total. The molecular formula is C24H19N3OS2. The first-order valence-corrected chi connectivity index (χ1v) is 10.9. The summed E-state index contributed by atoms with van der Waals surface area (Å²) >= 11 is 7.01. The standard InChI is InChI=1S/C24H19N3OS2/c28-23-20-22(27(24(29)30-20)19-14-8-3-9-15-19)25-21(18-12-6-2-7-13-18)26(23)16-17-10-4-1-5-11-17/h1-15,21,25H,16H2. The second-order valence-corrected chi connectivity index (χ2v) is 8.74. The number of fused-ring (bicyclic) bond motifs is 1. The molecule has 1 atom stereocenters. The Balaban J connectivity index is 1.64. The van der Waals surface area contributed by atoms with E-state index in [1.807, 2.05) is 100 Å². The van der Waals surface area contributed by atoms with E-state index in [2.05, 4.69) is 5.32 Å². The lowest BCUT2D eigenvalue weighted by molar-refractivity contribution is 0.0671. The Labute approximate surface area is 184 Å². The average Bonchev–Trinajstić information content (AvgIpc) is 3.13. The van der Waals surface area contributed by atoms with Gasteiger partial charge in [-0.25, -0.2) is 0 Å². The van der Waals surface area contributed by atoms with Gasteiger partial charge < -0.3 is 10.2 Å². The van der Waals surface area contributed by atoms with Gasteiger partial charge in [-0.2, -0.15) is 0 Å². The second-order valence-electron chi connectivity index (χ2n) is 7.09. The summed E-state index contributed by atoms with van der Waals surface area (Å²) in [5, 5.41) is 3.61. The van der Waals surface area contributed by atoms with E-state index in [4.69, 9.17) is 12.2 Å². The molecule has 0 aliphatic carbocycles. The smallest absolute Gasteiger partial charge is 0.269 e. The van der Waals surface area contributed by atoms with Crippen molar-refractivity contribution in [2.75, 3.05) is 5.32 Å². The van der Waals surface area contributed by atoms with Crippen LogP contribution in [0.2, 0.25) is 0 Å². The summed E-state index contributed by atoms with van der Waals surface area (Å²) in [6.07, 6.45) is -0.287. The molecule has 6 heteroatoms. The van der Waals surface area contributed by atoms with Gasteiger partial charge >= 0.3 is 0 Å². The van der Waals surface area contributed by atoms with E-state index in [9.17, 15) is 4.79 Å². The van der Waals surface area contributed by atoms with Gasteiger partial charge in [0.15, 0.2) is 3.95 Å². The number of carbonyl (C=O) groups excluding carboxylic acids is 1. The van der Waals surface area contributed by atoms with Gasteiger partial charge in [-0.3, -0.25) is 9.36 Å². The zero-order valence-electron chi connectivity index (χ0n) is 16.1. The Morgan fingerprint density at radius 2 is 1.47 bits per heavy atom. The van der Waals surface area contributed by atoms with Crippen molar-refractivity contribution in [3.63, 3.8) is 0 Å². The number of carbonyl (C=O) groups is 1. The van der Waals surface area contributed by atoms with Crippen LogP contribution in [0.4, 0.5) is 5.82 Å². The van der Waals surface area contributed by atoms with Crippen LogP contribution >= 0.6 is 23.6 Å². The van der Waals surface area contributed by atoms with Crippen LogP contribution in [0, 0.1) is 3.95 Å². The summed E-state index contributed by atoms with van der Waals surface area (Å²) < 4.78 is 2.61. The minimum Gasteiger partial charge on any atom is -0.346 e. The molecule has 5 rings (SSSR count). The third-order valence-electron chi connectivity index (χ3n) is 5.18. The fraction of sp³-hybridized carbons (Fsp3) is 0.0833. The highest BCUT2D eigenvalue weighted by atomic mass is 32.1. The molecule has 0 saturated carbocycles. The predicted octanol–water partition coefficient (Wildman–Crippen LogP) is 6.03. The number of thiazole rings is 1. The summed E-state index contributed by atoms with van der Waals surface area (Å²) in [4.78, 5) is 16.2. The molecule has 3 aromatic carbocycles.